The second kappa shape index (κ2) is 8.57. The smallest absolute Gasteiger partial charge is 0.232 e. The second-order valence-corrected chi connectivity index (χ2v) is 7.47. The molecule has 2 rings (SSSR count). The Balaban J connectivity index is 2.05. The van der Waals surface area contributed by atoms with Gasteiger partial charge in [-0.3, -0.25) is 9.10 Å². The topological polar surface area (TPSA) is 84.9 Å². The fraction of sp³-hybridized carbons (Fsp3) is 0.278. The lowest BCUT2D eigenvalue weighted by Gasteiger charge is -2.22. The van der Waals surface area contributed by atoms with Gasteiger partial charge in [-0.2, -0.15) is 0 Å². The number of methoxy groups -OCH3 is 2. The summed E-state index contributed by atoms with van der Waals surface area (Å²) in [5.74, 6) is 0.956. The maximum atomic E-state index is 12.2. The first-order chi connectivity index (χ1) is 12.3. The first-order valence-electron chi connectivity index (χ1n) is 7.89. The molecule has 0 bridgehead atoms. The van der Waals surface area contributed by atoms with Gasteiger partial charge in [0.2, 0.25) is 15.9 Å². The van der Waals surface area contributed by atoms with Crippen LogP contribution in [0.5, 0.6) is 11.5 Å². The van der Waals surface area contributed by atoms with Crippen molar-refractivity contribution in [3.63, 3.8) is 0 Å². The highest BCUT2D eigenvalue weighted by molar-refractivity contribution is 7.92. The van der Waals surface area contributed by atoms with Crippen LogP contribution in [-0.4, -0.2) is 41.3 Å². The molecule has 0 aliphatic heterocycles. The summed E-state index contributed by atoms with van der Waals surface area (Å²) in [6.45, 7) is 0.0287. The third-order valence-corrected chi connectivity index (χ3v) is 4.85. The molecule has 0 aromatic heterocycles. The van der Waals surface area contributed by atoms with Gasteiger partial charge in [0.05, 0.1) is 26.2 Å². The average Bonchev–Trinajstić information content (AvgIpc) is 2.61. The van der Waals surface area contributed by atoms with Gasteiger partial charge in [0.15, 0.2) is 0 Å². The Kier molecular flexibility index (Phi) is 6.46. The Morgan fingerprint density at radius 1 is 1.04 bits per heavy atom. The quantitative estimate of drug-likeness (QED) is 0.763. The number of benzene rings is 2. The van der Waals surface area contributed by atoms with Crippen molar-refractivity contribution in [2.75, 3.05) is 36.6 Å². The van der Waals surface area contributed by atoms with Crippen molar-refractivity contribution < 1.29 is 22.7 Å². The van der Waals surface area contributed by atoms with Gasteiger partial charge in [-0.1, -0.05) is 6.07 Å². The minimum absolute atomic E-state index is 0.0102. The lowest BCUT2D eigenvalue weighted by Crippen LogP contribution is -2.33. The number of carbonyl (C=O) groups is 1. The molecule has 0 atom stereocenters. The van der Waals surface area contributed by atoms with Crippen molar-refractivity contribution in [1.82, 2.24) is 0 Å². The molecule has 1 N–H and O–H groups in total. The van der Waals surface area contributed by atoms with Crippen LogP contribution in [0.3, 0.4) is 0 Å². The zero-order valence-corrected chi connectivity index (χ0v) is 15.7. The van der Waals surface area contributed by atoms with Gasteiger partial charge in [-0.15, -0.1) is 0 Å². The highest BCUT2D eigenvalue weighted by Crippen LogP contribution is 2.22. The largest absolute Gasteiger partial charge is 0.497 e. The van der Waals surface area contributed by atoms with Crippen LogP contribution in [0, 0.1) is 0 Å². The van der Waals surface area contributed by atoms with Crippen LogP contribution in [0.1, 0.15) is 6.42 Å². The summed E-state index contributed by atoms with van der Waals surface area (Å²) in [5, 5.41) is 2.73. The average molecular weight is 378 g/mol. The van der Waals surface area contributed by atoms with E-state index in [1.54, 1.807) is 55.6 Å². The molecule has 140 valence electrons. The summed E-state index contributed by atoms with van der Waals surface area (Å²) < 4.78 is 35.5. The molecule has 0 aliphatic rings. The zero-order chi connectivity index (χ0) is 19.2. The predicted octanol–water partition coefficient (Wildman–Crippen LogP) is 2.50. The van der Waals surface area contributed by atoms with E-state index in [9.17, 15) is 13.2 Å². The van der Waals surface area contributed by atoms with E-state index < -0.39 is 10.0 Å². The van der Waals surface area contributed by atoms with Crippen LogP contribution in [-0.2, 0) is 14.8 Å². The van der Waals surface area contributed by atoms with Crippen molar-refractivity contribution in [3.8, 4) is 11.5 Å². The Hall–Kier alpha value is -2.74. The SMILES string of the molecule is COc1ccc(N(CCC(=O)Nc2cccc(OC)c2)S(C)(=O)=O)cc1. The minimum Gasteiger partial charge on any atom is -0.497 e. The van der Waals surface area contributed by atoms with Gasteiger partial charge in [0, 0.05) is 24.7 Å². The van der Waals surface area contributed by atoms with Crippen LogP contribution in [0.4, 0.5) is 11.4 Å². The number of rotatable bonds is 8. The monoisotopic (exact) mass is 378 g/mol. The molecule has 1 amide bonds. The summed E-state index contributed by atoms with van der Waals surface area (Å²) in [5.41, 5.74) is 1.06. The number of hydrogen-bond acceptors (Lipinski definition) is 5. The fourth-order valence-corrected chi connectivity index (χ4v) is 3.29. The van der Waals surface area contributed by atoms with E-state index in [0.29, 0.717) is 22.9 Å². The molecule has 0 radical (unpaired) electrons. The van der Waals surface area contributed by atoms with Gasteiger partial charge in [-0.05, 0) is 36.4 Å². The zero-order valence-electron chi connectivity index (χ0n) is 14.9. The van der Waals surface area contributed by atoms with E-state index in [-0.39, 0.29) is 18.9 Å². The first kappa shape index (κ1) is 19.6. The normalized spacial score (nSPS) is 10.9. The molecule has 2 aromatic rings. The fourth-order valence-electron chi connectivity index (χ4n) is 2.36. The first-order valence-corrected chi connectivity index (χ1v) is 9.74. The van der Waals surface area contributed by atoms with Crippen LogP contribution >= 0.6 is 0 Å². The Bertz CT molecular complexity index is 850. The summed E-state index contributed by atoms with van der Waals surface area (Å²) >= 11 is 0. The van der Waals surface area contributed by atoms with E-state index in [4.69, 9.17) is 9.47 Å². The van der Waals surface area contributed by atoms with Crippen LogP contribution in [0.2, 0.25) is 0 Å². The van der Waals surface area contributed by atoms with Crippen molar-refractivity contribution in [2.45, 2.75) is 6.42 Å². The molecular weight excluding hydrogens is 356 g/mol. The van der Waals surface area contributed by atoms with Gasteiger partial charge >= 0.3 is 0 Å². The van der Waals surface area contributed by atoms with Crippen LogP contribution in [0.25, 0.3) is 0 Å². The third-order valence-electron chi connectivity index (χ3n) is 3.66. The maximum Gasteiger partial charge on any atom is 0.232 e. The molecule has 0 saturated heterocycles. The predicted molar refractivity (Wildman–Crippen MR) is 101 cm³/mol. The molecular formula is C18H22N2O5S. The summed E-state index contributed by atoms with van der Waals surface area (Å²) in [6.07, 6.45) is 1.12. The van der Waals surface area contributed by atoms with Gasteiger partial charge in [0.25, 0.3) is 0 Å². The molecule has 2 aromatic carbocycles. The second-order valence-electron chi connectivity index (χ2n) is 5.56. The number of sulfonamides is 1. The minimum atomic E-state index is -3.52. The summed E-state index contributed by atoms with van der Waals surface area (Å²) in [6, 6.07) is 13.6. The highest BCUT2D eigenvalue weighted by Gasteiger charge is 2.18. The molecule has 0 spiro atoms. The number of ether oxygens (including phenoxy) is 2. The summed E-state index contributed by atoms with van der Waals surface area (Å²) in [7, 11) is -0.449. The van der Waals surface area contributed by atoms with Crippen LogP contribution < -0.4 is 19.1 Å². The number of anilines is 2. The van der Waals surface area contributed by atoms with Crippen molar-refractivity contribution >= 4 is 27.3 Å². The lowest BCUT2D eigenvalue weighted by atomic mass is 10.2. The number of nitrogens with one attached hydrogen (secondary N) is 1. The van der Waals surface area contributed by atoms with E-state index in [1.165, 1.54) is 11.4 Å². The van der Waals surface area contributed by atoms with Gasteiger partial charge in [-0.25, -0.2) is 8.42 Å². The van der Waals surface area contributed by atoms with Gasteiger partial charge in [0.1, 0.15) is 11.5 Å². The van der Waals surface area contributed by atoms with Crippen molar-refractivity contribution in [3.05, 3.63) is 48.5 Å². The third kappa shape index (κ3) is 5.38. The molecule has 8 heteroatoms. The van der Waals surface area contributed by atoms with Gasteiger partial charge < -0.3 is 14.8 Å². The number of nitrogens with zero attached hydrogens (tertiary/aromatic N) is 1. The van der Waals surface area contributed by atoms with Crippen LogP contribution in [0.15, 0.2) is 48.5 Å². The van der Waals surface area contributed by atoms with Crippen molar-refractivity contribution in [1.29, 1.82) is 0 Å². The van der Waals surface area contributed by atoms with Crippen molar-refractivity contribution in [2.24, 2.45) is 0 Å². The highest BCUT2D eigenvalue weighted by atomic mass is 32.2. The molecule has 0 heterocycles. The van der Waals surface area contributed by atoms with E-state index in [2.05, 4.69) is 5.32 Å². The Labute approximate surface area is 153 Å². The standard InChI is InChI=1S/C18H22N2O5S/c1-24-16-9-7-15(8-10-16)20(26(3,22)23)12-11-18(21)19-14-5-4-6-17(13-14)25-2/h4-10,13H,11-12H2,1-3H3,(H,19,21). The molecule has 7 nitrogen and oxygen atoms in total. The number of amides is 1. The number of carbonyl (C=O) groups excluding carboxylic acids is 1. The van der Waals surface area contributed by atoms with E-state index in [0.717, 1.165) is 6.26 Å². The number of hydrogen-bond donors (Lipinski definition) is 1. The molecule has 0 fully saturated rings. The lowest BCUT2D eigenvalue weighted by molar-refractivity contribution is -0.116. The maximum absolute atomic E-state index is 12.2. The molecule has 0 unspecified atom stereocenters. The Morgan fingerprint density at radius 2 is 1.69 bits per heavy atom. The van der Waals surface area contributed by atoms with E-state index >= 15 is 0 Å². The molecule has 26 heavy (non-hydrogen) atoms. The summed E-state index contributed by atoms with van der Waals surface area (Å²) in [4.78, 5) is 12.2. The van der Waals surface area contributed by atoms with E-state index in [1.807, 2.05) is 0 Å². The molecule has 0 saturated carbocycles. The Morgan fingerprint density at radius 3 is 2.27 bits per heavy atom. The molecule has 0 aliphatic carbocycles.